The number of thiocarbonyl (C=S) groups is 1. The zero-order valence-corrected chi connectivity index (χ0v) is 21.0. The summed E-state index contributed by atoms with van der Waals surface area (Å²) in [6.07, 6.45) is 0.910. The summed E-state index contributed by atoms with van der Waals surface area (Å²) in [7, 11) is 3.20. The van der Waals surface area contributed by atoms with Crippen LogP contribution in [0.2, 0.25) is 0 Å². The number of hydrogen-bond donors (Lipinski definition) is 3. The van der Waals surface area contributed by atoms with Crippen molar-refractivity contribution >= 4 is 34.9 Å². The Balaban J connectivity index is 1.67. The van der Waals surface area contributed by atoms with Gasteiger partial charge >= 0.3 is 0 Å². The van der Waals surface area contributed by atoms with E-state index in [-0.39, 0.29) is 0 Å². The van der Waals surface area contributed by atoms with Gasteiger partial charge in [-0.3, -0.25) is 15.2 Å². The van der Waals surface area contributed by atoms with Crippen LogP contribution in [0, 0.1) is 13.8 Å². The van der Waals surface area contributed by atoms with Crippen molar-refractivity contribution in [2.75, 3.05) is 64.2 Å². The van der Waals surface area contributed by atoms with Gasteiger partial charge in [-0.15, -0.1) is 0 Å². The highest BCUT2D eigenvalue weighted by molar-refractivity contribution is 7.80. The second-order valence-electron chi connectivity index (χ2n) is 7.78. The van der Waals surface area contributed by atoms with Gasteiger partial charge in [-0.1, -0.05) is 0 Å². The summed E-state index contributed by atoms with van der Waals surface area (Å²) in [5, 5.41) is 9.80. The Kier molecular flexibility index (Phi) is 9.80. The number of benzene rings is 1. The molecule has 184 valence electrons. The van der Waals surface area contributed by atoms with Crippen LogP contribution in [0.1, 0.15) is 17.8 Å². The van der Waals surface area contributed by atoms with E-state index in [1.165, 1.54) is 0 Å². The molecule has 1 aliphatic rings. The fraction of sp³-hybridized carbons (Fsp3) is 0.478. The van der Waals surface area contributed by atoms with Crippen molar-refractivity contribution in [1.29, 1.82) is 0 Å². The van der Waals surface area contributed by atoms with Crippen LogP contribution in [0.3, 0.4) is 0 Å². The highest BCUT2D eigenvalue weighted by atomic mass is 32.1. The van der Waals surface area contributed by atoms with Gasteiger partial charge in [0.25, 0.3) is 0 Å². The standard InChI is InChI=1S/C23H33N7O3S/c1-16-14-17(2)26-22(25-16)28-21(24-8-5-9-30-10-12-33-13-11-30)29-23(34)27-19-7-6-18(31-3)15-20(19)32-4/h6-7,14-15H,5,8-13H2,1-4H3,(H3,24,25,26,27,28,29,34). The molecule has 1 aromatic carbocycles. The fourth-order valence-electron chi connectivity index (χ4n) is 3.47. The molecular formula is C23H33N7O3S. The van der Waals surface area contributed by atoms with Crippen molar-refractivity contribution in [3.05, 3.63) is 35.7 Å². The Labute approximate surface area is 206 Å². The average molecular weight is 488 g/mol. The van der Waals surface area contributed by atoms with E-state index < -0.39 is 0 Å². The third kappa shape index (κ3) is 8.08. The van der Waals surface area contributed by atoms with Gasteiger partial charge in [0.05, 0.1) is 33.1 Å². The summed E-state index contributed by atoms with van der Waals surface area (Å²) in [6, 6.07) is 7.37. The number of anilines is 2. The largest absolute Gasteiger partial charge is 0.497 e. The molecule has 0 radical (unpaired) electrons. The normalized spacial score (nSPS) is 14.4. The number of guanidine groups is 1. The van der Waals surface area contributed by atoms with E-state index in [4.69, 9.17) is 31.4 Å². The summed E-state index contributed by atoms with van der Waals surface area (Å²) in [4.78, 5) is 16.0. The Hall–Kier alpha value is -3.02. The number of nitrogens with zero attached hydrogens (tertiary/aromatic N) is 4. The maximum atomic E-state index is 5.54. The maximum Gasteiger partial charge on any atom is 0.229 e. The third-order valence-electron chi connectivity index (χ3n) is 5.11. The predicted octanol–water partition coefficient (Wildman–Crippen LogP) is 2.59. The van der Waals surface area contributed by atoms with Gasteiger partial charge in [0.1, 0.15) is 11.5 Å². The lowest BCUT2D eigenvalue weighted by atomic mass is 10.2. The van der Waals surface area contributed by atoms with Gasteiger partial charge in [-0.2, -0.15) is 0 Å². The highest BCUT2D eigenvalue weighted by Crippen LogP contribution is 2.28. The second-order valence-corrected chi connectivity index (χ2v) is 8.19. The molecule has 0 unspecified atom stereocenters. The van der Waals surface area contributed by atoms with E-state index >= 15 is 0 Å². The third-order valence-corrected chi connectivity index (χ3v) is 5.31. The number of ether oxygens (including phenoxy) is 3. The SMILES string of the molecule is COc1ccc(NC(=S)NC(=NCCCN2CCOCC2)Nc2nc(C)cc(C)n2)c(OC)c1. The molecule has 0 spiro atoms. The van der Waals surface area contributed by atoms with Gasteiger partial charge in [-0.25, -0.2) is 9.97 Å². The molecule has 2 heterocycles. The van der Waals surface area contributed by atoms with Crippen molar-refractivity contribution in [3.63, 3.8) is 0 Å². The van der Waals surface area contributed by atoms with E-state index in [2.05, 4.69) is 30.8 Å². The molecule has 10 nitrogen and oxygen atoms in total. The molecule has 0 atom stereocenters. The molecule has 3 rings (SSSR count). The van der Waals surface area contributed by atoms with Gasteiger partial charge < -0.3 is 24.8 Å². The lowest BCUT2D eigenvalue weighted by molar-refractivity contribution is 0.0377. The van der Waals surface area contributed by atoms with Crippen LogP contribution < -0.4 is 25.4 Å². The molecule has 34 heavy (non-hydrogen) atoms. The number of aromatic nitrogens is 2. The van der Waals surface area contributed by atoms with Gasteiger partial charge in [0.15, 0.2) is 5.11 Å². The van der Waals surface area contributed by atoms with E-state index in [1.54, 1.807) is 20.3 Å². The molecular weight excluding hydrogens is 454 g/mol. The van der Waals surface area contributed by atoms with Crippen molar-refractivity contribution in [2.24, 2.45) is 4.99 Å². The van der Waals surface area contributed by atoms with Crippen LogP contribution in [0.25, 0.3) is 0 Å². The monoisotopic (exact) mass is 487 g/mol. The van der Waals surface area contributed by atoms with Gasteiger partial charge in [-0.05, 0) is 50.7 Å². The van der Waals surface area contributed by atoms with E-state index in [9.17, 15) is 0 Å². The first-order valence-corrected chi connectivity index (χ1v) is 11.6. The quantitative estimate of drug-likeness (QED) is 0.223. The van der Waals surface area contributed by atoms with Crippen LogP contribution in [-0.2, 0) is 4.74 Å². The highest BCUT2D eigenvalue weighted by Gasteiger charge is 2.12. The lowest BCUT2D eigenvalue weighted by Gasteiger charge is -2.26. The predicted molar refractivity (Wildman–Crippen MR) is 138 cm³/mol. The molecule has 0 bridgehead atoms. The first-order chi connectivity index (χ1) is 16.5. The number of morpholine rings is 1. The number of hydrogen-bond acceptors (Lipinski definition) is 8. The summed E-state index contributed by atoms with van der Waals surface area (Å²) in [5.41, 5.74) is 2.44. The number of nitrogens with one attached hydrogen (secondary N) is 3. The van der Waals surface area contributed by atoms with Crippen molar-refractivity contribution < 1.29 is 14.2 Å². The summed E-state index contributed by atoms with van der Waals surface area (Å²) in [6.45, 7) is 8.93. The minimum Gasteiger partial charge on any atom is -0.497 e. The summed E-state index contributed by atoms with van der Waals surface area (Å²) < 4.78 is 16.1. The van der Waals surface area contributed by atoms with Gasteiger partial charge in [0, 0.05) is 43.6 Å². The Morgan fingerprint density at radius 1 is 1.09 bits per heavy atom. The molecule has 0 amide bonds. The van der Waals surface area contributed by atoms with E-state index in [0.717, 1.165) is 50.7 Å². The molecule has 1 fully saturated rings. The number of rotatable bonds is 8. The van der Waals surface area contributed by atoms with Crippen LogP contribution in [0.5, 0.6) is 11.5 Å². The zero-order valence-electron chi connectivity index (χ0n) is 20.2. The summed E-state index contributed by atoms with van der Waals surface area (Å²) >= 11 is 5.54. The van der Waals surface area contributed by atoms with Crippen molar-refractivity contribution in [1.82, 2.24) is 20.2 Å². The number of aryl methyl sites for hydroxylation is 2. The first-order valence-electron chi connectivity index (χ1n) is 11.2. The van der Waals surface area contributed by atoms with Crippen LogP contribution >= 0.6 is 12.2 Å². The maximum absolute atomic E-state index is 5.54. The van der Waals surface area contributed by atoms with Crippen molar-refractivity contribution in [3.8, 4) is 11.5 Å². The topological polar surface area (TPSA) is 105 Å². The first kappa shape index (κ1) is 25.6. The van der Waals surface area contributed by atoms with E-state index in [1.807, 2.05) is 32.0 Å². The molecule has 1 saturated heterocycles. The van der Waals surface area contributed by atoms with Crippen LogP contribution in [-0.4, -0.2) is 79.6 Å². The zero-order chi connectivity index (χ0) is 24.3. The van der Waals surface area contributed by atoms with Crippen LogP contribution in [0.15, 0.2) is 29.3 Å². The molecule has 0 aliphatic carbocycles. The Bertz CT molecular complexity index is 976. The minimum absolute atomic E-state index is 0.354. The lowest BCUT2D eigenvalue weighted by Crippen LogP contribution is -2.39. The summed E-state index contributed by atoms with van der Waals surface area (Å²) in [5.74, 6) is 2.23. The smallest absolute Gasteiger partial charge is 0.229 e. The van der Waals surface area contributed by atoms with Crippen molar-refractivity contribution in [2.45, 2.75) is 20.3 Å². The molecule has 11 heteroatoms. The molecule has 1 aromatic heterocycles. The minimum atomic E-state index is 0.354. The van der Waals surface area contributed by atoms with Gasteiger partial charge in [0.2, 0.25) is 11.9 Å². The molecule has 2 aromatic rings. The molecule has 0 saturated carbocycles. The van der Waals surface area contributed by atoms with Crippen LogP contribution in [0.4, 0.5) is 11.6 Å². The number of aliphatic imine (C=N–C) groups is 1. The average Bonchev–Trinajstić information content (AvgIpc) is 2.82. The Morgan fingerprint density at radius 3 is 2.50 bits per heavy atom. The fourth-order valence-corrected chi connectivity index (χ4v) is 3.68. The number of methoxy groups -OCH3 is 2. The molecule has 3 N–H and O–H groups in total. The second kappa shape index (κ2) is 13.0. The Morgan fingerprint density at radius 2 is 1.82 bits per heavy atom. The molecule has 1 aliphatic heterocycles. The van der Waals surface area contributed by atoms with E-state index in [0.29, 0.717) is 40.8 Å².